The molecule has 30 heavy (non-hydrogen) atoms. The molecule has 0 spiro atoms. The van der Waals surface area contributed by atoms with Crippen molar-refractivity contribution in [2.75, 3.05) is 18.7 Å². The topological polar surface area (TPSA) is 114 Å². The average molecular weight is 439 g/mol. The molecule has 2 aromatic heterocycles. The summed E-state index contributed by atoms with van der Waals surface area (Å²) < 4.78 is 58.2. The highest BCUT2D eigenvalue weighted by atomic mass is 31.2. The zero-order chi connectivity index (χ0) is 21.3. The van der Waals surface area contributed by atoms with Gasteiger partial charge in [-0.05, 0) is 24.6 Å². The lowest BCUT2D eigenvalue weighted by atomic mass is 10.1. The van der Waals surface area contributed by atoms with Crippen molar-refractivity contribution in [1.82, 2.24) is 19.5 Å². The Hall–Kier alpha value is -2.46. The van der Waals surface area contributed by atoms with E-state index in [2.05, 4.69) is 15.0 Å². The van der Waals surface area contributed by atoms with Gasteiger partial charge in [0.05, 0.1) is 31.7 Å². The highest BCUT2D eigenvalue weighted by molar-refractivity contribution is 7.53. The third-order valence-electron chi connectivity index (χ3n) is 4.61. The molecule has 0 radical (unpaired) electrons. The molecule has 4 rings (SSSR count). The lowest BCUT2D eigenvalue weighted by molar-refractivity contribution is 0.0339. The van der Waals surface area contributed by atoms with Crippen LogP contribution in [0, 0.1) is 11.6 Å². The van der Waals surface area contributed by atoms with Crippen LogP contribution in [-0.4, -0.2) is 38.6 Å². The number of nitrogen functional groups attached to an aromatic ring is 1. The molecule has 3 heterocycles. The summed E-state index contributed by atoms with van der Waals surface area (Å²) >= 11 is 0. The molecule has 0 amide bonds. The Bertz CT molecular complexity index is 1090. The first-order chi connectivity index (χ1) is 14.3. The van der Waals surface area contributed by atoms with Gasteiger partial charge in [0.2, 0.25) is 0 Å². The van der Waals surface area contributed by atoms with Crippen LogP contribution in [0.4, 0.5) is 14.6 Å². The standard InChI is InChI=1S/C18H20F2N5O4P/c1-11(7-25-9-24-16-17(21)22-8-23-18(16)25)27-10-30(26)28-3-2-15(29-30)12-4-13(19)6-14(20)5-12/h4-6,8-9,11,15H,2-3,7,10H2,1H3,(H2,21,22,23)/t11-,15?,30?/m1/s1. The lowest BCUT2D eigenvalue weighted by Gasteiger charge is -2.30. The normalized spacial score (nSPS) is 23.0. The Labute approximate surface area is 170 Å². The minimum Gasteiger partial charge on any atom is -0.382 e. The molecule has 3 atom stereocenters. The van der Waals surface area contributed by atoms with Crippen LogP contribution < -0.4 is 5.73 Å². The number of ether oxygens (including phenoxy) is 1. The van der Waals surface area contributed by atoms with E-state index in [-0.39, 0.29) is 30.4 Å². The molecule has 0 saturated carbocycles. The van der Waals surface area contributed by atoms with Crippen molar-refractivity contribution in [3.05, 3.63) is 48.1 Å². The van der Waals surface area contributed by atoms with E-state index in [0.29, 0.717) is 24.1 Å². The molecule has 0 aliphatic carbocycles. The van der Waals surface area contributed by atoms with Gasteiger partial charge < -0.3 is 19.6 Å². The number of nitrogens with zero attached hydrogens (tertiary/aromatic N) is 4. The molecule has 1 aromatic carbocycles. The van der Waals surface area contributed by atoms with E-state index in [9.17, 15) is 13.3 Å². The lowest BCUT2D eigenvalue weighted by Crippen LogP contribution is -2.21. The second-order valence-corrected chi connectivity index (χ2v) is 8.91. The van der Waals surface area contributed by atoms with Crippen molar-refractivity contribution in [2.24, 2.45) is 0 Å². The molecular formula is C18H20F2N5O4P. The van der Waals surface area contributed by atoms with Gasteiger partial charge in [0, 0.05) is 12.5 Å². The highest BCUT2D eigenvalue weighted by Gasteiger charge is 2.35. The highest BCUT2D eigenvalue weighted by Crippen LogP contribution is 2.56. The van der Waals surface area contributed by atoms with E-state index in [1.807, 2.05) is 0 Å². The van der Waals surface area contributed by atoms with Gasteiger partial charge in [0.1, 0.15) is 29.8 Å². The molecule has 3 aromatic rings. The summed E-state index contributed by atoms with van der Waals surface area (Å²) in [4.78, 5) is 12.2. The van der Waals surface area contributed by atoms with Gasteiger partial charge in [0.25, 0.3) is 0 Å². The van der Waals surface area contributed by atoms with Gasteiger partial charge >= 0.3 is 7.60 Å². The first-order valence-corrected chi connectivity index (χ1v) is 11.0. The fourth-order valence-electron chi connectivity index (χ4n) is 3.21. The molecule has 1 fully saturated rings. The summed E-state index contributed by atoms with van der Waals surface area (Å²) in [6.45, 7) is 2.28. The summed E-state index contributed by atoms with van der Waals surface area (Å²) in [6.07, 6.45) is 1.81. The van der Waals surface area contributed by atoms with Crippen molar-refractivity contribution in [3.8, 4) is 0 Å². The number of rotatable bonds is 6. The van der Waals surface area contributed by atoms with Gasteiger partial charge in [-0.1, -0.05) is 0 Å². The SMILES string of the molecule is C[C@H](Cn1cnc2c(N)ncnc21)OCP1(=O)OCCC(c2cc(F)cc(F)c2)O1. The van der Waals surface area contributed by atoms with Crippen LogP contribution in [-0.2, 0) is 24.9 Å². The Balaban J connectivity index is 1.39. The van der Waals surface area contributed by atoms with Gasteiger partial charge in [-0.3, -0.25) is 9.09 Å². The Morgan fingerprint density at radius 2 is 2.07 bits per heavy atom. The van der Waals surface area contributed by atoms with Crippen LogP contribution in [0.15, 0.2) is 30.9 Å². The minimum absolute atomic E-state index is 0.125. The fraction of sp³-hybridized carbons (Fsp3) is 0.389. The van der Waals surface area contributed by atoms with Crippen LogP contribution in [0.2, 0.25) is 0 Å². The number of hydrogen-bond donors (Lipinski definition) is 1. The quantitative estimate of drug-likeness (QED) is 0.581. The van der Waals surface area contributed by atoms with Crippen LogP contribution >= 0.6 is 7.60 Å². The van der Waals surface area contributed by atoms with Crippen LogP contribution in [0.5, 0.6) is 0 Å². The Morgan fingerprint density at radius 3 is 2.83 bits per heavy atom. The third-order valence-corrected chi connectivity index (χ3v) is 6.23. The predicted octanol–water partition coefficient (Wildman–Crippen LogP) is 3.42. The maximum Gasteiger partial charge on any atom is 0.356 e. The van der Waals surface area contributed by atoms with Crippen molar-refractivity contribution in [2.45, 2.75) is 32.1 Å². The first-order valence-electron chi connectivity index (χ1n) is 9.24. The molecule has 0 bridgehead atoms. The Kier molecular flexibility index (Phi) is 5.79. The van der Waals surface area contributed by atoms with Crippen molar-refractivity contribution < 1.29 is 27.1 Å². The van der Waals surface area contributed by atoms with E-state index >= 15 is 0 Å². The summed E-state index contributed by atoms with van der Waals surface area (Å²) in [6, 6.07) is 3.08. The molecule has 1 aliphatic rings. The Morgan fingerprint density at radius 1 is 1.30 bits per heavy atom. The summed E-state index contributed by atoms with van der Waals surface area (Å²) in [5.74, 6) is -1.17. The molecular weight excluding hydrogens is 419 g/mol. The van der Waals surface area contributed by atoms with Crippen molar-refractivity contribution in [1.29, 1.82) is 0 Å². The van der Waals surface area contributed by atoms with Gasteiger partial charge in [0.15, 0.2) is 11.5 Å². The molecule has 1 aliphatic heterocycles. The second kappa shape index (κ2) is 8.35. The van der Waals surface area contributed by atoms with Crippen molar-refractivity contribution in [3.63, 3.8) is 0 Å². The number of nitrogens with two attached hydrogens (primary N) is 1. The fourth-order valence-corrected chi connectivity index (χ4v) is 4.84. The largest absolute Gasteiger partial charge is 0.382 e. The number of benzene rings is 1. The predicted molar refractivity (Wildman–Crippen MR) is 104 cm³/mol. The number of aromatic nitrogens is 4. The van der Waals surface area contributed by atoms with Crippen molar-refractivity contribution >= 4 is 24.6 Å². The van der Waals surface area contributed by atoms with Gasteiger partial charge in [-0.2, -0.15) is 0 Å². The molecule has 1 saturated heterocycles. The zero-order valence-corrected chi connectivity index (χ0v) is 17.0. The average Bonchev–Trinajstić information content (AvgIpc) is 3.10. The zero-order valence-electron chi connectivity index (χ0n) is 16.1. The van der Waals surface area contributed by atoms with Crippen LogP contribution in [0.1, 0.15) is 25.0 Å². The van der Waals surface area contributed by atoms with E-state index in [1.165, 1.54) is 6.33 Å². The molecule has 12 heteroatoms. The summed E-state index contributed by atoms with van der Waals surface area (Å²) in [5, 5.41) is 0. The van der Waals surface area contributed by atoms with Crippen LogP contribution in [0.25, 0.3) is 11.2 Å². The van der Waals surface area contributed by atoms with E-state index in [0.717, 1.165) is 18.2 Å². The second-order valence-electron chi connectivity index (χ2n) is 6.96. The van der Waals surface area contributed by atoms with Crippen LogP contribution in [0.3, 0.4) is 0 Å². The molecule has 2 unspecified atom stereocenters. The maximum atomic E-state index is 13.5. The minimum atomic E-state index is -3.60. The molecule has 160 valence electrons. The van der Waals surface area contributed by atoms with E-state index in [1.54, 1.807) is 17.8 Å². The number of hydrogen-bond acceptors (Lipinski definition) is 8. The van der Waals surface area contributed by atoms with Gasteiger partial charge in [-0.25, -0.2) is 23.7 Å². The monoisotopic (exact) mass is 439 g/mol. The summed E-state index contributed by atoms with van der Waals surface area (Å²) in [5.41, 5.74) is 7.09. The third kappa shape index (κ3) is 4.49. The van der Waals surface area contributed by atoms with Gasteiger partial charge in [-0.15, -0.1) is 0 Å². The maximum absolute atomic E-state index is 13.5. The smallest absolute Gasteiger partial charge is 0.356 e. The number of imidazole rings is 1. The molecule has 2 N–H and O–H groups in total. The molecule has 9 nitrogen and oxygen atoms in total. The number of fused-ring (bicyclic) bond motifs is 1. The first kappa shape index (κ1) is 20.8. The van der Waals surface area contributed by atoms with E-state index < -0.39 is 25.3 Å². The van der Waals surface area contributed by atoms with E-state index in [4.69, 9.17) is 19.5 Å². The summed E-state index contributed by atoms with van der Waals surface area (Å²) in [7, 11) is -3.60. The number of anilines is 1. The number of halogens is 2.